The van der Waals surface area contributed by atoms with Gasteiger partial charge < -0.3 is 10.4 Å². The summed E-state index contributed by atoms with van der Waals surface area (Å²) in [5.74, 6) is -0.457. The van der Waals surface area contributed by atoms with E-state index in [1.54, 1.807) is 6.07 Å². The lowest BCUT2D eigenvalue weighted by atomic mass is 10.1. The van der Waals surface area contributed by atoms with Gasteiger partial charge in [-0.1, -0.05) is 19.8 Å². The quantitative estimate of drug-likeness (QED) is 0.474. The topological polar surface area (TPSA) is 95.7 Å². The van der Waals surface area contributed by atoms with Crippen LogP contribution in [-0.2, 0) is 4.79 Å². The first kappa shape index (κ1) is 15.2. The smallest absolute Gasteiger partial charge is 0.310 e. The molecule has 0 spiro atoms. The van der Waals surface area contributed by atoms with Crippen LogP contribution in [0.1, 0.15) is 37.9 Å². The van der Waals surface area contributed by atoms with E-state index in [0.29, 0.717) is 12.1 Å². The molecule has 1 saturated heterocycles. The standard InChI is InChI=1S/C14H19N3O4/c1-2-3-4-7-16-9-13(19)15-14(16)10-5-6-11(17(20)21)12(18)8-10/h5-6,8,14,18H,2-4,7,9H2,1H3,(H,15,19). The van der Waals surface area contributed by atoms with Crippen molar-refractivity contribution in [2.45, 2.75) is 32.4 Å². The van der Waals surface area contributed by atoms with Crippen molar-refractivity contribution >= 4 is 11.6 Å². The summed E-state index contributed by atoms with van der Waals surface area (Å²) >= 11 is 0. The molecule has 7 nitrogen and oxygen atoms in total. The number of carbonyl (C=O) groups is 1. The molecule has 21 heavy (non-hydrogen) atoms. The summed E-state index contributed by atoms with van der Waals surface area (Å²) < 4.78 is 0. The Balaban J connectivity index is 2.16. The van der Waals surface area contributed by atoms with E-state index in [1.165, 1.54) is 12.1 Å². The predicted molar refractivity (Wildman–Crippen MR) is 76.7 cm³/mol. The minimum Gasteiger partial charge on any atom is -0.502 e. The highest BCUT2D eigenvalue weighted by atomic mass is 16.6. The lowest BCUT2D eigenvalue weighted by Gasteiger charge is -2.23. The van der Waals surface area contributed by atoms with Crippen LogP contribution in [0.3, 0.4) is 0 Å². The molecule has 1 aromatic carbocycles. The molecule has 0 bridgehead atoms. The maximum Gasteiger partial charge on any atom is 0.310 e. The molecule has 1 fully saturated rings. The van der Waals surface area contributed by atoms with Gasteiger partial charge in [0, 0.05) is 12.6 Å². The molecule has 2 N–H and O–H groups in total. The van der Waals surface area contributed by atoms with Crippen molar-refractivity contribution in [1.29, 1.82) is 0 Å². The Hall–Kier alpha value is -2.15. The molecular formula is C14H19N3O4. The van der Waals surface area contributed by atoms with Crippen LogP contribution in [0.25, 0.3) is 0 Å². The van der Waals surface area contributed by atoms with Crippen LogP contribution < -0.4 is 5.32 Å². The third-order valence-electron chi connectivity index (χ3n) is 3.57. The molecule has 1 amide bonds. The fourth-order valence-electron chi connectivity index (χ4n) is 2.50. The molecule has 0 saturated carbocycles. The molecule has 0 radical (unpaired) electrons. The second kappa shape index (κ2) is 6.53. The van der Waals surface area contributed by atoms with Crippen molar-refractivity contribution in [3.63, 3.8) is 0 Å². The number of hydrogen-bond acceptors (Lipinski definition) is 5. The number of carbonyl (C=O) groups excluding carboxylic acids is 1. The predicted octanol–water partition coefficient (Wildman–Crippen LogP) is 1.92. The van der Waals surface area contributed by atoms with Gasteiger partial charge in [-0.2, -0.15) is 0 Å². The number of nitrogens with one attached hydrogen (secondary N) is 1. The fraction of sp³-hybridized carbons (Fsp3) is 0.500. The second-order valence-corrected chi connectivity index (χ2v) is 5.15. The van der Waals surface area contributed by atoms with Crippen molar-refractivity contribution < 1.29 is 14.8 Å². The second-order valence-electron chi connectivity index (χ2n) is 5.15. The molecule has 2 rings (SSSR count). The van der Waals surface area contributed by atoms with Crippen LogP contribution in [0.4, 0.5) is 5.69 Å². The van der Waals surface area contributed by atoms with Crippen LogP contribution in [-0.4, -0.2) is 33.9 Å². The molecule has 7 heteroatoms. The molecule has 1 unspecified atom stereocenters. The Kier molecular flexibility index (Phi) is 4.74. The van der Waals surface area contributed by atoms with Crippen LogP contribution in [0.5, 0.6) is 5.75 Å². The number of phenolic OH excluding ortho intramolecular Hbond substituents is 1. The van der Waals surface area contributed by atoms with Gasteiger partial charge in [-0.15, -0.1) is 0 Å². The monoisotopic (exact) mass is 293 g/mol. The average Bonchev–Trinajstić information content (AvgIpc) is 2.79. The maximum absolute atomic E-state index is 11.6. The van der Waals surface area contributed by atoms with E-state index in [2.05, 4.69) is 12.2 Å². The summed E-state index contributed by atoms with van der Waals surface area (Å²) in [6.45, 7) is 3.19. The summed E-state index contributed by atoms with van der Waals surface area (Å²) in [4.78, 5) is 23.7. The molecule has 0 aromatic heterocycles. The van der Waals surface area contributed by atoms with Crippen LogP contribution in [0, 0.1) is 10.1 Å². The van der Waals surface area contributed by atoms with Gasteiger partial charge in [0.05, 0.1) is 11.5 Å². The number of nitro groups is 1. The van der Waals surface area contributed by atoms with Crippen LogP contribution >= 0.6 is 0 Å². The highest BCUT2D eigenvalue weighted by molar-refractivity contribution is 5.80. The van der Waals surface area contributed by atoms with Crippen LogP contribution in [0.2, 0.25) is 0 Å². The van der Waals surface area contributed by atoms with Gasteiger partial charge in [-0.3, -0.25) is 19.8 Å². The van der Waals surface area contributed by atoms with Crippen molar-refractivity contribution in [2.75, 3.05) is 13.1 Å². The van der Waals surface area contributed by atoms with Crippen molar-refractivity contribution in [3.05, 3.63) is 33.9 Å². The number of nitro benzene ring substituents is 1. The first-order chi connectivity index (χ1) is 10.0. The molecule has 0 aliphatic carbocycles. The number of phenols is 1. The van der Waals surface area contributed by atoms with E-state index in [4.69, 9.17) is 0 Å². The number of amides is 1. The van der Waals surface area contributed by atoms with Crippen molar-refractivity contribution in [3.8, 4) is 5.75 Å². The number of nitrogens with zero attached hydrogens (tertiary/aromatic N) is 2. The molecule has 1 heterocycles. The summed E-state index contributed by atoms with van der Waals surface area (Å²) in [6, 6.07) is 4.18. The molecule has 1 aliphatic heterocycles. The van der Waals surface area contributed by atoms with Gasteiger partial charge in [-0.25, -0.2) is 0 Å². The highest BCUT2D eigenvalue weighted by Gasteiger charge is 2.31. The van der Waals surface area contributed by atoms with E-state index in [0.717, 1.165) is 25.8 Å². The summed E-state index contributed by atoms with van der Waals surface area (Å²) in [7, 11) is 0. The fourth-order valence-corrected chi connectivity index (χ4v) is 2.50. The van der Waals surface area contributed by atoms with E-state index in [1.807, 2.05) is 4.90 Å². The van der Waals surface area contributed by atoms with Gasteiger partial charge in [0.1, 0.15) is 6.17 Å². The maximum atomic E-state index is 11.6. The van der Waals surface area contributed by atoms with E-state index in [-0.39, 0.29) is 23.5 Å². The number of aromatic hydroxyl groups is 1. The largest absolute Gasteiger partial charge is 0.502 e. The van der Waals surface area contributed by atoms with Crippen LogP contribution in [0.15, 0.2) is 18.2 Å². The number of hydrogen-bond donors (Lipinski definition) is 2. The zero-order valence-electron chi connectivity index (χ0n) is 11.9. The Labute approximate surface area is 122 Å². The zero-order chi connectivity index (χ0) is 15.4. The molecule has 114 valence electrons. The van der Waals surface area contributed by atoms with Gasteiger partial charge in [-0.05, 0) is 24.1 Å². The normalized spacial score (nSPS) is 18.7. The lowest BCUT2D eigenvalue weighted by Crippen LogP contribution is -2.28. The number of benzene rings is 1. The third kappa shape index (κ3) is 3.49. The van der Waals surface area contributed by atoms with Gasteiger partial charge in [0.15, 0.2) is 5.75 Å². The SMILES string of the molecule is CCCCCN1CC(=O)NC1c1ccc([N+](=O)[O-])c(O)c1. The molecule has 1 aromatic rings. The Morgan fingerprint density at radius 2 is 2.24 bits per heavy atom. The Bertz CT molecular complexity index is 547. The molecule has 1 atom stereocenters. The molecular weight excluding hydrogens is 274 g/mol. The third-order valence-corrected chi connectivity index (χ3v) is 3.57. The van der Waals surface area contributed by atoms with E-state index in [9.17, 15) is 20.0 Å². The zero-order valence-corrected chi connectivity index (χ0v) is 11.9. The van der Waals surface area contributed by atoms with Crippen molar-refractivity contribution in [1.82, 2.24) is 10.2 Å². The van der Waals surface area contributed by atoms with Gasteiger partial charge in [0.2, 0.25) is 5.91 Å². The van der Waals surface area contributed by atoms with E-state index < -0.39 is 4.92 Å². The number of rotatable bonds is 6. The Morgan fingerprint density at radius 1 is 1.48 bits per heavy atom. The summed E-state index contributed by atoms with van der Waals surface area (Å²) in [5, 5.41) is 23.3. The lowest BCUT2D eigenvalue weighted by molar-refractivity contribution is -0.385. The minimum atomic E-state index is -0.634. The number of unbranched alkanes of at least 4 members (excludes halogenated alkanes) is 2. The molecule has 1 aliphatic rings. The summed E-state index contributed by atoms with van der Waals surface area (Å²) in [5.41, 5.74) is 0.320. The highest BCUT2D eigenvalue weighted by Crippen LogP contribution is 2.31. The van der Waals surface area contributed by atoms with Gasteiger partial charge >= 0.3 is 5.69 Å². The van der Waals surface area contributed by atoms with E-state index >= 15 is 0 Å². The van der Waals surface area contributed by atoms with Gasteiger partial charge in [0.25, 0.3) is 0 Å². The summed E-state index contributed by atoms with van der Waals surface area (Å²) in [6.07, 6.45) is 2.84. The minimum absolute atomic E-state index is 0.0747. The average molecular weight is 293 g/mol. The Morgan fingerprint density at radius 3 is 2.86 bits per heavy atom. The van der Waals surface area contributed by atoms with Crippen molar-refractivity contribution in [2.24, 2.45) is 0 Å². The first-order valence-corrected chi connectivity index (χ1v) is 7.03. The first-order valence-electron chi connectivity index (χ1n) is 7.03.